The van der Waals surface area contributed by atoms with Crippen LogP contribution in [0.3, 0.4) is 0 Å². The maximum Gasteiger partial charge on any atom is 0.0544 e. The Kier molecular flexibility index (Phi) is 2.89. The Bertz CT molecular complexity index is 364. The normalized spacial score (nSPS) is 29.4. The van der Waals surface area contributed by atoms with Gasteiger partial charge in [-0.15, -0.1) is 0 Å². The second-order valence-corrected chi connectivity index (χ2v) is 5.58. The zero-order valence-corrected chi connectivity index (χ0v) is 10.7. The van der Waals surface area contributed by atoms with Crippen LogP contribution in [0.1, 0.15) is 26.0 Å². The highest BCUT2D eigenvalue weighted by Gasteiger charge is 2.44. The fraction of sp³-hybridized carbons (Fsp3) is 0.643. The van der Waals surface area contributed by atoms with Crippen molar-refractivity contribution in [3.05, 3.63) is 30.1 Å². The van der Waals surface area contributed by atoms with E-state index in [0.717, 1.165) is 18.6 Å². The molecule has 92 valence electrons. The van der Waals surface area contributed by atoms with Gasteiger partial charge in [0.05, 0.1) is 5.69 Å². The highest BCUT2D eigenvalue weighted by Crippen LogP contribution is 2.34. The van der Waals surface area contributed by atoms with Gasteiger partial charge in [-0.1, -0.05) is 6.07 Å². The van der Waals surface area contributed by atoms with Gasteiger partial charge in [0.15, 0.2) is 0 Å². The average molecular weight is 231 g/mol. The van der Waals surface area contributed by atoms with E-state index in [4.69, 9.17) is 0 Å². The van der Waals surface area contributed by atoms with Crippen LogP contribution in [0.2, 0.25) is 0 Å². The molecule has 3 nitrogen and oxygen atoms in total. The lowest BCUT2D eigenvalue weighted by Crippen LogP contribution is -2.68. The molecule has 3 aliphatic rings. The van der Waals surface area contributed by atoms with E-state index in [0.29, 0.717) is 6.04 Å². The van der Waals surface area contributed by atoms with E-state index in [2.05, 4.69) is 40.8 Å². The van der Waals surface area contributed by atoms with Crippen molar-refractivity contribution in [2.45, 2.75) is 44.9 Å². The maximum atomic E-state index is 4.43. The van der Waals surface area contributed by atoms with Crippen LogP contribution >= 0.6 is 0 Å². The van der Waals surface area contributed by atoms with Crippen LogP contribution in [0.25, 0.3) is 0 Å². The predicted octanol–water partition coefficient (Wildman–Crippen LogP) is 1.75. The third-order valence-corrected chi connectivity index (χ3v) is 4.17. The van der Waals surface area contributed by atoms with Crippen molar-refractivity contribution in [3.63, 3.8) is 0 Å². The Morgan fingerprint density at radius 1 is 1.29 bits per heavy atom. The second-order valence-electron chi connectivity index (χ2n) is 5.58. The van der Waals surface area contributed by atoms with Gasteiger partial charge in [-0.2, -0.15) is 0 Å². The molecule has 3 saturated heterocycles. The number of hydrogen-bond acceptors (Lipinski definition) is 3. The highest BCUT2D eigenvalue weighted by atomic mass is 15.4. The van der Waals surface area contributed by atoms with Gasteiger partial charge in [0.1, 0.15) is 0 Å². The minimum atomic E-state index is 0.692. The van der Waals surface area contributed by atoms with Gasteiger partial charge in [0.25, 0.3) is 0 Å². The summed E-state index contributed by atoms with van der Waals surface area (Å²) in [5, 5.41) is 0. The molecule has 3 heteroatoms. The zero-order chi connectivity index (χ0) is 11.8. The summed E-state index contributed by atoms with van der Waals surface area (Å²) in [6.45, 7) is 8.10. The lowest BCUT2D eigenvalue weighted by Gasteiger charge is -2.57. The van der Waals surface area contributed by atoms with Crippen LogP contribution < -0.4 is 0 Å². The molecule has 2 bridgehead atoms. The fourth-order valence-electron chi connectivity index (χ4n) is 3.08. The molecular weight excluding hydrogens is 210 g/mol. The minimum absolute atomic E-state index is 0.692. The molecule has 2 atom stereocenters. The Morgan fingerprint density at radius 3 is 2.65 bits per heavy atom. The number of nitrogens with zero attached hydrogens (tertiary/aromatic N) is 3. The lowest BCUT2D eigenvalue weighted by atomic mass is 9.86. The van der Waals surface area contributed by atoms with Crippen molar-refractivity contribution >= 4 is 0 Å². The van der Waals surface area contributed by atoms with Crippen LogP contribution in [0.4, 0.5) is 0 Å². The number of rotatable bonds is 3. The maximum absolute atomic E-state index is 4.43. The first-order chi connectivity index (χ1) is 8.24. The van der Waals surface area contributed by atoms with E-state index in [1.165, 1.54) is 25.2 Å². The molecule has 0 radical (unpaired) electrons. The van der Waals surface area contributed by atoms with E-state index in [-0.39, 0.29) is 0 Å². The van der Waals surface area contributed by atoms with Gasteiger partial charge in [0, 0.05) is 44.0 Å². The number of piperazine rings is 1. The smallest absolute Gasteiger partial charge is 0.0544 e. The van der Waals surface area contributed by atoms with Gasteiger partial charge < -0.3 is 0 Å². The summed E-state index contributed by atoms with van der Waals surface area (Å²) < 4.78 is 0. The predicted molar refractivity (Wildman–Crippen MR) is 68.7 cm³/mol. The van der Waals surface area contributed by atoms with Crippen molar-refractivity contribution in [1.29, 1.82) is 0 Å². The topological polar surface area (TPSA) is 19.4 Å². The van der Waals surface area contributed by atoms with Gasteiger partial charge in [-0.3, -0.25) is 14.8 Å². The first-order valence-corrected chi connectivity index (χ1v) is 6.64. The molecule has 1 aromatic rings. The van der Waals surface area contributed by atoms with Crippen molar-refractivity contribution in [2.24, 2.45) is 0 Å². The van der Waals surface area contributed by atoms with Crippen LogP contribution in [0.15, 0.2) is 24.4 Å². The molecule has 2 unspecified atom stereocenters. The molecule has 0 spiro atoms. The first-order valence-electron chi connectivity index (χ1n) is 6.64. The number of piperidine rings is 1. The molecule has 0 amide bonds. The van der Waals surface area contributed by atoms with Crippen molar-refractivity contribution in [3.8, 4) is 0 Å². The number of hydrogen-bond donors (Lipinski definition) is 0. The fourth-order valence-corrected chi connectivity index (χ4v) is 3.08. The molecule has 4 rings (SSSR count). The minimum Gasteiger partial charge on any atom is -0.298 e. The molecule has 3 fully saturated rings. The molecule has 1 aromatic heterocycles. The van der Waals surface area contributed by atoms with Crippen LogP contribution in [-0.2, 0) is 6.54 Å². The SMILES string of the molecule is CC(C)N1CC2CC(C1)N2Cc1ccccn1. The second kappa shape index (κ2) is 4.39. The molecule has 0 aromatic carbocycles. The van der Waals surface area contributed by atoms with E-state index in [1.807, 2.05) is 12.3 Å². The third kappa shape index (κ3) is 2.09. The quantitative estimate of drug-likeness (QED) is 0.790. The van der Waals surface area contributed by atoms with Crippen molar-refractivity contribution in [2.75, 3.05) is 13.1 Å². The Labute approximate surface area is 103 Å². The van der Waals surface area contributed by atoms with Gasteiger partial charge in [0.2, 0.25) is 0 Å². The summed E-state index contributed by atoms with van der Waals surface area (Å²) in [6, 6.07) is 8.42. The highest BCUT2D eigenvalue weighted by molar-refractivity contribution is 5.08. The lowest BCUT2D eigenvalue weighted by molar-refractivity contribution is -0.0841. The number of pyridine rings is 1. The van der Waals surface area contributed by atoms with Crippen LogP contribution in [0, 0.1) is 0 Å². The molecule has 17 heavy (non-hydrogen) atoms. The summed E-state index contributed by atoms with van der Waals surface area (Å²) in [4.78, 5) is 9.66. The van der Waals surface area contributed by atoms with E-state index in [9.17, 15) is 0 Å². The van der Waals surface area contributed by atoms with Crippen LogP contribution in [0.5, 0.6) is 0 Å². The van der Waals surface area contributed by atoms with Crippen molar-refractivity contribution in [1.82, 2.24) is 14.8 Å². The molecular formula is C14H21N3. The van der Waals surface area contributed by atoms with E-state index in [1.54, 1.807) is 0 Å². The van der Waals surface area contributed by atoms with Crippen molar-refractivity contribution < 1.29 is 0 Å². The summed E-state index contributed by atoms with van der Waals surface area (Å²) in [5.74, 6) is 0. The Balaban J connectivity index is 1.62. The summed E-state index contributed by atoms with van der Waals surface area (Å²) in [7, 11) is 0. The zero-order valence-electron chi connectivity index (χ0n) is 10.7. The number of aromatic nitrogens is 1. The van der Waals surface area contributed by atoms with E-state index >= 15 is 0 Å². The molecule has 3 aliphatic heterocycles. The summed E-state index contributed by atoms with van der Waals surface area (Å²) in [5.41, 5.74) is 1.21. The first kappa shape index (κ1) is 11.2. The van der Waals surface area contributed by atoms with Gasteiger partial charge in [-0.05, 0) is 32.4 Å². The number of fused-ring (bicyclic) bond motifs is 2. The van der Waals surface area contributed by atoms with Gasteiger partial charge >= 0.3 is 0 Å². The molecule has 0 N–H and O–H groups in total. The Morgan fingerprint density at radius 2 is 2.06 bits per heavy atom. The summed E-state index contributed by atoms with van der Waals surface area (Å²) >= 11 is 0. The largest absolute Gasteiger partial charge is 0.298 e. The van der Waals surface area contributed by atoms with Crippen LogP contribution in [-0.4, -0.2) is 46.0 Å². The molecule has 0 saturated carbocycles. The monoisotopic (exact) mass is 231 g/mol. The molecule has 0 aliphatic carbocycles. The van der Waals surface area contributed by atoms with Gasteiger partial charge in [-0.25, -0.2) is 0 Å². The average Bonchev–Trinajstić information content (AvgIpc) is 2.37. The molecule has 4 heterocycles. The standard InChI is InChI=1S/C14H21N3/c1-11(2)16-9-13-7-14(10-16)17(13)8-12-5-3-4-6-15-12/h3-6,11,13-14H,7-10H2,1-2H3. The Hall–Kier alpha value is -0.930. The third-order valence-electron chi connectivity index (χ3n) is 4.17. The summed E-state index contributed by atoms with van der Waals surface area (Å²) in [6.07, 6.45) is 3.28. The van der Waals surface area contributed by atoms with E-state index < -0.39 is 0 Å².